The average molecular weight is 681 g/mol. The maximum atomic E-state index is 12.7. The first-order valence-corrected chi connectivity index (χ1v) is 20.8. The first-order valence-electron chi connectivity index (χ1n) is 20.8. The van der Waals surface area contributed by atoms with Gasteiger partial charge in [-0.15, -0.1) is 0 Å². The second-order valence-corrected chi connectivity index (χ2v) is 14.8. The van der Waals surface area contributed by atoms with E-state index in [1.165, 1.54) is 129 Å². The number of carbonyl (C=O) groups is 2. The van der Waals surface area contributed by atoms with Crippen LogP contribution in [0.2, 0.25) is 0 Å². The zero-order valence-electron chi connectivity index (χ0n) is 32.2. The molecule has 284 valence electrons. The van der Waals surface area contributed by atoms with Crippen LogP contribution in [0.5, 0.6) is 0 Å². The summed E-state index contributed by atoms with van der Waals surface area (Å²) in [7, 11) is 1.46. The Balaban J connectivity index is 2.44. The Morgan fingerprint density at radius 2 is 1.15 bits per heavy atom. The van der Waals surface area contributed by atoms with E-state index in [0.29, 0.717) is 31.4 Å². The number of carbonyl (C=O) groups excluding carboxylic acids is 2. The normalized spacial score (nSPS) is 14.0. The molecule has 0 aromatic rings. The van der Waals surface area contributed by atoms with Gasteiger partial charge in [-0.05, 0) is 70.4 Å². The number of hydrogen-bond donors (Lipinski definition) is 1. The third-order valence-electron chi connectivity index (χ3n) is 10.5. The zero-order chi connectivity index (χ0) is 34.9. The molecule has 0 heterocycles. The summed E-state index contributed by atoms with van der Waals surface area (Å²) in [4.78, 5) is 29.3. The molecule has 0 spiro atoms. The van der Waals surface area contributed by atoms with Crippen molar-refractivity contribution in [2.45, 2.75) is 193 Å². The van der Waals surface area contributed by atoms with Crippen LogP contribution in [0.25, 0.3) is 0 Å². The van der Waals surface area contributed by atoms with E-state index in [1.54, 1.807) is 0 Å². The van der Waals surface area contributed by atoms with Gasteiger partial charge in [0.25, 0.3) is 0 Å². The third-order valence-corrected chi connectivity index (χ3v) is 10.5. The maximum absolute atomic E-state index is 12.7. The molecule has 0 aromatic heterocycles. The van der Waals surface area contributed by atoms with Crippen LogP contribution in [-0.4, -0.2) is 85.9 Å². The van der Waals surface area contributed by atoms with Gasteiger partial charge in [-0.2, -0.15) is 0 Å². The molecule has 1 rings (SSSR count). The predicted molar refractivity (Wildman–Crippen MR) is 201 cm³/mol. The van der Waals surface area contributed by atoms with Crippen LogP contribution in [0.3, 0.4) is 0 Å². The van der Waals surface area contributed by atoms with Gasteiger partial charge in [-0.1, -0.05) is 123 Å². The number of esters is 2. The fraction of sp³-hybridized carbons (Fsp3) is 0.951. The fourth-order valence-electron chi connectivity index (χ4n) is 7.34. The van der Waals surface area contributed by atoms with Gasteiger partial charge in [0.15, 0.2) is 0 Å². The first kappa shape index (κ1) is 44.8. The molecule has 0 aromatic carbocycles. The lowest BCUT2D eigenvalue weighted by Crippen LogP contribution is -2.43. The van der Waals surface area contributed by atoms with Gasteiger partial charge in [0.05, 0.1) is 20.3 Å². The molecule has 0 bridgehead atoms. The minimum atomic E-state index is -0.122. The number of aliphatic hydroxyl groups is 1. The van der Waals surface area contributed by atoms with E-state index in [1.807, 2.05) is 0 Å². The summed E-state index contributed by atoms with van der Waals surface area (Å²) in [6.45, 7) is 10.2. The van der Waals surface area contributed by atoms with Crippen molar-refractivity contribution in [3.8, 4) is 0 Å². The van der Waals surface area contributed by atoms with Gasteiger partial charge in [-0.3, -0.25) is 14.5 Å². The number of unbranched alkanes of at least 4 members (excludes halogenated alkanes) is 14. The Hall–Kier alpha value is -1.18. The topological polar surface area (TPSA) is 79.3 Å². The highest BCUT2D eigenvalue weighted by molar-refractivity contribution is 5.69. The van der Waals surface area contributed by atoms with Gasteiger partial charge >= 0.3 is 11.9 Å². The molecule has 1 saturated carbocycles. The lowest BCUT2D eigenvalue weighted by molar-refractivity contribution is -0.145. The van der Waals surface area contributed by atoms with E-state index in [4.69, 9.17) is 9.47 Å². The molecule has 0 unspecified atom stereocenters. The van der Waals surface area contributed by atoms with Crippen molar-refractivity contribution in [2.75, 3.05) is 53.0 Å². The van der Waals surface area contributed by atoms with Crippen LogP contribution >= 0.6 is 0 Å². The largest absolute Gasteiger partial charge is 0.469 e. The maximum Gasteiger partial charge on any atom is 0.305 e. The van der Waals surface area contributed by atoms with Crippen molar-refractivity contribution in [1.82, 2.24) is 9.80 Å². The van der Waals surface area contributed by atoms with Crippen molar-refractivity contribution >= 4 is 11.9 Å². The van der Waals surface area contributed by atoms with E-state index in [2.05, 4.69) is 23.6 Å². The van der Waals surface area contributed by atoms with Gasteiger partial charge in [0.1, 0.15) is 0 Å². The minimum Gasteiger partial charge on any atom is -0.469 e. The highest BCUT2D eigenvalue weighted by atomic mass is 16.5. The average Bonchev–Trinajstić information content (AvgIpc) is 3.10. The van der Waals surface area contributed by atoms with E-state index in [0.717, 1.165) is 71.2 Å². The number of methoxy groups -OCH3 is 1. The summed E-state index contributed by atoms with van der Waals surface area (Å²) in [6, 6.07) is 0.606. The molecular formula is C41H80N2O5. The lowest BCUT2D eigenvalue weighted by Gasteiger charge is -2.35. The van der Waals surface area contributed by atoms with Crippen molar-refractivity contribution < 1.29 is 24.2 Å². The first-order chi connectivity index (χ1) is 23.5. The molecule has 1 N–H and O–H groups in total. The molecule has 0 amide bonds. The van der Waals surface area contributed by atoms with Gasteiger partial charge in [0, 0.05) is 38.5 Å². The smallest absolute Gasteiger partial charge is 0.305 e. The molecule has 7 heteroatoms. The SMILES string of the molecule is CCCCCCCCC(CCCCCCCC)COC(=O)CCCCCN(CCCCCC(=O)OC)CCN(CCO)C1CCCCC1. The molecule has 0 saturated heterocycles. The molecule has 1 aliphatic rings. The highest BCUT2D eigenvalue weighted by Gasteiger charge is 2.21. The van der Waals surface area contributed by atoms with Crippen LogP contribution in [0.15, 0.2) is 0 Å². The Bertz CT molecular complexity index is 714. The summed E-state index contributed by atoms with van der Waals surface area (Å²) in [6.07, 6.45) is 31.7. The third kappa shape index (κ3) is 25.7. The summed E-state index contributed by atoms with van der Waals surface area (Å²) in [5.41, 5.74) is 0. The van der Waals surface area contributed by atoms with Crippen LogP contribution in [0.1, 0.15) is 187 Å². The standard InChI is InChI=1S/C41H80N2O5/c1-4-6-8-10-12-17-25-38(26-18-13-11-9-7-5-2)37-48-41(46)30-22-16-24-32-42(31-23-15-21-29-40(45)47-3)33-34-43(35-36-44)39-27-19-14-20-28-39/h38-39,44H,4-37H2,1-3H3. The van der Waals surface area contributed by atoms with Crippen LogP contribution in [-0.2, 0) is 19.1 Å². The number of nitrogens with zero attached hydrogens (tertiary/aromatic N) is 2. The van der Waals surface area contributed by atoms with Crippen LogP contribution in [0, 0.1) is 5.92 Å². The van der Waals surface area contributed by atoms with E-state index >= 15 is 0 Å². The summed E-state index contributed by atoms with van der Waals surface area (Å²) in [5, 5.41) is 9.73. The summed E-state index contributed by atoms with van der Waals surface area (Å²) >= 11 is 0. The predicted octanol–water partition coefficient (Wildman–Crippen LogP) is 9.87. The van der Waals surface area contributed by atoms with Crippen molar-refractivity contribution in [3.63, 3.8) is 0 Å². The molecule has 48 heavy (non-hydrogen) atoms. The summed E-state index contributed by atoms with van der Waals surface area (Å²) < 4.78 is 10.7. The van der Waals surface area contributed by atoms with E-state index in [9.17, 15) is 14.7 Å². The van der Waals surface area contributed by atoms with Gasteiger partial charge in [0.2, 0.25) is 0 Å². The number of aliphatic hydroxyl groups excluding tert-OH is 1. The molecule has 0 atom stereocenters. The van der Waals surface area contributed by atoms with Crippen molar-refractivity contribution in [3.05, 3.63) is 0 Å². The van der Waals surface area contributed by atoms with Crippen LogP contribution < -0.4 is 0 Å². The van der Waals surface area contributed by atoms with Gasteiger partial charge in [-0.25, -0.2) is 0 Å². The van der Waals surface area contributed by atoms with Gasteiger partial charge < -0.3 is 19.5 Å². The minimum absolute atomic E-state index is 0.0134. The number of ether oxygens (including phenoxy) is 2. The van der Waals surface area contributed by atoms with E-state index < -0.39 is 0 Å². The molecule has 1 fully saturated rings. The molecule has 0 aliphatic heterocycles. The molecule has 1 aliphatic carbocycles. The van der Waals surface area contributed by atoms with Crippen molar-refractivity contribution in [2.24, 2.45) is 5.92 Å². The highest BCUT2D eigenvalue weighted by Crippen LogP contribution is 2.23. The monoisotopic (exact) mass is 681 g/mol. The zero-order valence-corrected chi connectivity index (χ0v) is 32.2. The van der Waals surface area contributed by atoms with Crippen molar-refractivity contribution in [1.29, 1.82) is 0 Å². The van der Waals surface area contributed by atoms with E-state index in [-0.39, 0.29) is 18.5 Å². The number of rotatable bonds is 34. The Kier molecular flexibility index (Phi) is 30.8. The second-order valence-electron chi connectivity index (χ2n) is 14.8. The number of hydrogen-bond acceptors (Lipinski definition) is 7. The fourth-order valence-corrected chi connectivity index (χ4v) is 7.34. The molecule has 0 radical (unpaired) electrons. The molecule has 7 nitrogen and oxygen atoms in total. The molecular weight excluding hydrogens is 600 g/mol. The summed E-state index contributed by atoms with van der Waals surface area (Å²) in [5.74, 6) is 0.385. The Labute approximate surface area is 297 Å². The quantitative estimate of drug-likeness (QED) is 0.0535. The second kappa shape index (κ2) is 33.0. The van der Waals surface area contributed by atoms with Crippen LogP contribution in [0.4, 0.5) is 0 Å². The Morgan fingerprint density at radius 1 is 0.625 bits per heavy atom. The Morgan fingerprint density at radius 3 is 1.69 bits per heavy atom. The lowest BCUT2D eigenvalue weighted by atomic mass is 9.94.